The van der Waals surface area contributed by atoms with Gasteiger partial charge in [-0.3, -0.25) is 0 Å². The van der Waals surface area contributed by atoms with Crippen LogP contribution in [0.5, 0.6) is 11.5 Å². The van der Waals surface area contributed by atoms with E-state index in [0.717, 1.165) is 38.5 Å². The van der Waals surface area contributed by atoms with E-state index in [1.807, 2.05) is 0 Å². The second kappa shape index (κ2) is 11.7. The molecule has 4 nitrogen and oxygen atoms in total. The van der Waals surface area contributed by atoms with Gasteiger partial charge in [0.25, 0.3) is 0 Å². The average Bonchev–Trinajstić information content (AvgIpc) is 2.81. The Balaban J connectivity index is 1.79. The van der Waals surface area contributed by atoms with Gasteiger partial charge in [-0.25, -0.2) is 26.7 Å². The van der Waals surface area contributed by atoms with E-state index >= 15 is 0 Å². The van der Waals surface area contributed by atoms with Crippen LogP contribution in [0.2, 0.25) is 0 Å². The zero-order valence-corrected chi connectivity index (χ0v) is 17.8. The van der Waals surface area contributed by atoms with Crippen LogP contribution in [0.25, 0.3) is 0 Å². The lowest BCUT2D eigenvalue weighted by Gasteiger charge is -2.14. The molecule has 0 radical (unpaired) electrons. The predicted molar refractivity (Wildman–Crippen MR) is 110 cm³/mol. The summed E-state index contributed by atoms with van der Waals surface area (Å²) in [5.74, 6) is -11.1. The van der Waals surface area contributed by atoms with Crippen molar-refractivity contribution in [3.63, 3.8) is 0 Å². The smallest absolute Gasteiger partial charge is 0.342 e. The lowest BCUT2D eigenvalue weighted by Crippen LogP contribution is -2.13. The van der Waals surface area contributed by atoms with Crippen LogP contribution in [0.1, 0.15) is 54.4 Å². The van der Waals surface area contributed by atoms with Crippen molar-refractivity contribution in [2.24, 2.45) is 0 Å². The zero-order valence-electron chi connectivity index (χ0n) is 17.8. The van der Waals surface area contributed by atoms with Gasteiger partial charge in [0.15, 0.2) is 23.3 Å². The number of hydrogen-bond acceptors (Lipinski definition) is 4. The van der Waals surface area contributed by atoms with Crippen molar-refractivity contribution in [1.82, 2.24) is 0 Å². The van der Waals surface area contributed by atoms with E-state index in [1.165, 1.54) is 12.1 Å². The highest BCUT2D eigenvalue weighted by atomic mass is 19.2. The normalized spacial score (nSPS) is 16.0. The van der Waals surface area contributed by atoms with Gasteiger partial charge in [-0.1, -0.05) is 12.2 Å². The highest BCUT2D eigenvalue weighted by Crippen LogP contribution is 2.28. The number of ether oxygens (including phenoxy) is 3. The number of carbonyl (C=O) groups is 1. The maximum Gasteiger partial charge on any atom is 0.342 e. The zero-order chi connectivity index (χ0) is 23.8. The largest absolute Gasteiger partial charge is 0.494 e. The summed E-state index contributed by atoms with van der Waals surface area (Å²) in [5, 5.41) is 0. The molecule has 2 aliphatic heterocycles. The highest BCUT2D eigenvalue weighted by Gasteiger charge is 2.27. The summed E-state index contributed by atoms with van der Waals surface area (Å²) in [5.41, 5.74) is -1.32. The Labute approximate surface area is 188 Å². The molecule has 0 unspecified atom stereocenters. The van der Waals surface area contributed by atoms with Gasteiger partial charge in [-0.05, 0) is 56.7 Å². The van der Waals surface area contributed by atoms with Crippen molar-refractivity contribution >= 4 is 5.97 Å². The van der Waals surface area contributed by atoms with Gasteiger partial charge in [-0.2, -0.15) is 0 Å². The Morgan fingerprint density at radius 3 is 2.00 bits per heavy atom. The van der Waals surface area contributed by atoms with Crippen molar-refractivity contribution < 1.29 is 41.0 Å². The van der Waals surface area contributed by atoms with Crippen molar-refractivity contribution in [3.8, 4) is 11.5 Å². The Morgan fingerprint density at radius 1 is 0.788 bits per heavy atom. The summed E-state index contributed by atoms with van der Waals surface area (Å²) in [6.45, 7) is -0.430. The second-order valence-electron chi connectivity index (χ2n) is 7.44. The van der Waals surface area contributed by atoms with Crippen LogP contribution in [0, 0.1) is 29.1 Å². The number of hydrogen-bond donors (Lipinski definition) is 0. The average molecular weight is 470 g/mol. The molecule has 0 saturated carbocycles. The van der Waals surface area contributed by atoms with Crippen LogP contribution in [0.4, 0.5) is 22.0 Å². The molecule has 33 heavy (non-hydrogen) atoms. The molecule has 2 heterocycles. The van der Waals surface area contributed by atoms with Gasteiger partial charge in [-0.15, -0.1) is 0 Å². The molecule has 0 aliphatic carbocycles. The minimum Gasteiger partial charge on any atom is -0.494 e. The van der Waals surface area contributed by atoms with E-state index in [4.69, 9.17) is 14.2 Å². The molecule has 2 aliphatic rings. The molecule has 2 aromatic carbocycles. The maximum atomic E-state index is 13.9. The Morgan fingerprint density at radius 2 is 1.36 bits per heavy atom. The number of benzene rings is 2. The first-order valence-electron chi connectivity index (χ1n) is 10.6. The van der Waals surface area contributed by atoms with E-state index in [2.05, 4.69) is 12.2 Å². The molecule has 0 N–H and O–H groups in total. The van der Waals surface area contributed by atoms with Crippen LogP contribution >= 0.6 is 0 Å². The maximum absolute atomic E-state index is 13.9. The Hall–Kier alpha value is -3.10. The van der Waals surface area contributed by atoms with Crippen molar-refractivity contribution in [2.45, 2.75) is 45.1 Å². The summed E-state index contributed by atoms with van der Waals surface area (Å²) in [6, 6.07) is 4.49. The SMILES string of the molecule is O=C(OCc1c(F)c(F)c(F)c(F)c1F)c1cc2ccc1OCCCC/C=C\CCCCO2. The van der Waals surface area contributed by atoms with Crippen LogP contribution in [0.3, 0.4) is 0 Å². The van der Waals surface area contributed by atoms with Crippen molar-refractivity contribution in [2.75, 3.05) is 13.2 Å². The number of rotatable bonds is 3. The third-order valence-corrected chi connectivity index (χ3v) is 5.04. The highest BCUT2D eigenvalue weighted by molar-refractivity contribution is 5.93. The van der Waals surface area contributed by atoms with Crippen LogP contribution < -0.4 is 9.47 Å². The van der Waals surface area contributed by atoms with E-state index in [-0.39, 0.29) is 11.3 Å². The minimum atomic E-state index is -2.28. The second-order valence-corrected chi connectivity index (χ2v) is 7.44. The molecule has 0 fully saturated rings. The van der Waals surface area contributed by atoms with Gasteiger partial charge < -0.3 is 14.2 Å². The molecular formula is C24H23F5O4. The summed E-state index contributed by atoms with van der Waals surface area (Å²) in [6.07, 6.45) is 9.43. The molecule has 4 rings (SSSR count). The molecule has 2 aromatic rings. The van der Waals surface area contributed by atoms with Crippen LogP contribution in [-0.4, -0.2) is 19.2 Å². The molecule has 0 saturated heterocycles. The first-order valence-corrected chi connectivity index (χ1v) is 10.6. The third kappa shape index (κ3) is 6.24. The summed E-state index contributed by atoms with van der Waals surface area (Å²) in [7, 11) is 0. The summed E-state index contributed by atoms with van der Waals surface area (Å²) < 4.78 is 84.0. The first-order chi connectivity index (χ1) is 15.9. The Kier molecular flexibility index (Phi) is 8.68. The van der Waals surface area contributed by atoms with Crippen LogP contribution in [-0.2, 0) is 11.3 Å². The fourth-order valence-corrected chi connectivity index (χ4v) is 3.21. The minimum absolute atomic E-state index is 0.0802. The monoisotopic (exact) mass is 470 g/mol. The standard InChI is InChI=1S/C24H23F5O4/c25-19-17(20(26)22(28)23(29)21(19)27)14-33-24(30)16-13-15-9-10-18(16)32-12-8-6-4-2-1-3-5-7-11-31-15/h1-2,9-10,13H,3-8,11-12,14H2/b2-1-. The third-order valence-electron chi connectivity index (χ3n) is 5.04. The van der Waals surface area contributed by atoms with Crippen LogP contribution in [0.15, 0.2) is 30.4 Å². The molecule has 0 aromatic heterocycles. The van der Waals surface area contributed by atoms with E-state index < -0.39 is 47.2 Å². The predicted octanol–water partition coefficient (Wildman–Crippen LogP) is 6.41. The fourth-order valence-electron chi connectivity index (χ4n) is 3.21. The molecule has 0 spiro atoms. The number of esters is 1. The lowest BCUT2D eigenvalue weighted by molar-refractivity contribution is 0.0456. The number of allylic oxidation sites excluding steroid dienone is 2. The van der Waals surface area contributed by atoms with Gasteiger partial charge in [0.1, 0.15) is 23.7 Å². The van der Waals surface area contributed by atoms with E-state index in [9.17, 15) is 26.7 Å². The number of halogens is 5. The quantitative estimate of drug-likeness (QED) is 0.171. The molecule has 2 bridgehead atoms. The number of fused-ring (bicyclic) bond motifs is 12. The molecule has 178 valence electrons. The molecule has 9 heteroatoms. The molecular weight excluding hydrogens is 447 g/mol. The van der Waals surface area contributed by atoms with Gasteiger partial charge in [0.05, 0.1) is 18.8 Å². The first kappa shape index (κ1) is 24.5. The van der Waals surface area contributed by atoms with E-state index in [1.54, 1.807) is 6.07 Å². The summed E-state index contributed by atoms with van der Waals surface area (Å²) >= 11 is 0. The van der Waals surface area contributed by atoms with Gasteiger partial charge in [0, 0.05) is 0 Å². The van der Waals surface area contributed by atoms with Gasteiger partial charge >= 0.3 is 5.97 Å². The van der Waals surface area contributed by atoms with Crippen molar-refractivity contribution in [3.05, 3.63) is 70.6 Å². The van der Waals surface area contributed by atoms with E-state index in [0.29, 0.717) is 19.0 Å². The van der Waals surface area contributed by atoms with Gasteiger partial charge in [0.2, 0.25) is 5.82 Å². The summed E-state index contributed by atoms with van der Waals surface area (Å²) in [4.78, 5) is 12.7. The number of carbonyl (C=O) groups excluding carboxylic acids is 1. The molecule has 0 atom stereocenters. The topological polar surface area (TPSA) is 44.8 Å². The fraction of sp³-hybridized carbons (Fsp3) is 0.375. The lowest BCUT2D eigenvalue weighted by atomic mass is 10.1. The molecule has 0 amide bonds. The van der Waals surface area contributed by atoms with Crippen molar-refractivity contribution in [1.29, 1.82) is 0 Å². The Bertz CT molecular complexity index is 993.